The average Bonchev–Trinajstić information content (AvgIpc) is 2.45. The third-order valence-electron chi connectivity index (χ3n) is 2.92. The first-order chi connectivity index (χ1) is 6.62. The predicted molar refractivity (Wildman–Crippen MR) is 53.4 cm³/mol. The van der Waals surface area contributed by atoms with E-state index < -0.39 is 19.1 Å². The molecule has 0 aliphatic carbocycles. The lowest BCUT2D eigenvalue weighted by Gasteiger charge is -2.37. The van der Waals surface area contributed by atoms with Crippen LogP contribution in [-0.2, 0) is 4.74 Å². The van der Waals surface area contributed by atoms with Gasteiger partial charge in [0.1, 0.15) is 0 Å². The van der Waals surface area contributed by atoms with Gasteiger partial charge in [-0.3, -0.25) is 0 Å². The van der Waals surface area contributed by atoms with Crippen LogP contribution in [0.25, 0.3) is 0 Å². The number of alkyl halides is 2. The van der Waals surface area contributed by atoms with Crippen molar-refractivity contribution in [1.29, 1.82) is 0 Å². The second-order valence-electron chi connectivity index (χ2n) is 4.00. The maximum absolute atomic E-state index is 13.4. The van der Waals surface area contributed by atoms with Crippen molar-refractivity contribution in [3.05, 3.63) is 0 Å². The first-order valence-corrected chi connectivity index (χ1v) is 5.01. The molecule has 3 nitrogen and oxygen atoms in total. The number of aliphatic hydroxyl groups is 1. The Morgan fingerprint density at radius 1 is 1.27 bits per heavy atom. The second kappa shape index (κ2) is 4.91. The van der Waals surface area contributed by atoms with Crippen LogP contribution in [0.2, 0.25) is 0 Å². The van der Waals surface area contributed by atoms with Crippen molar-refractivity contribution in [3.8, 4) is 0 Å². The first-order valence-electron chi connectivity index (χ1n) is 5.01. The summed E-state index contributed by atoms with van der Waals surface area (Å²) in [6.45, 7) is 0.118. The van der Waals surface area contributed by atoms with Gasteiger partial charge < -0.3 is 9.84 Å². The monoisotopic (exact) mass is 243 g/mol. The van der Waals surface area contributed by atoms with Gasteiger partial charge in [0.05, 0.1) is 18.8 Å². The standard InChI is InChI=1S/C9H15F2NO2.ClH/c10-9(11,3-4-13)12-5-7-1-2-8(6-12)14-7;/h7-8,13H,1-6H2;1H. The number of likely N-dealkylation sites (tertiary alicyclic amines) is 1. The fourth-order valence-electron chi connectivity index (χ4n) is 2.17. The molecule has 2 aliphatic heterocycles. The van der Waals surface area contributed by atoms with Crippen LogP contribution in [0.15, 0.2) is 0 Å². The Morgan fingerprint density at radius 2 is 1.80 bits per heavy atom. The zero-order chi connectivity index (χ0) is 10.2. The smallest absolute Gasteiger partial charge is 0.307 e. The van der Waals surface area contributed by atoms with Gasteiger partial charge in [0.25, 0.3) is 0 Å². The quantitative estimate of drug-likeness (QED) is 0.758. The zero-order valence-electron chi connectivity index (χ0n) is 8.36. The summed E-state index contributed by atoms with van der Waals surface area (Å²) >= 11 is 0. The van der Waals surface area contributed by atoms with Crippen LogP contribution < -0.4 is 0 Å². The van der Waals surface area contributed by atoms with E-state index in [1.54, 1.807) is 0 Å². The molecule has 2 heterocycles. The molecule has 6 heteroatoms. The maximum atomic E-state index is 13.4. The van der Waals surface area contributed by atoms with E-state index in [1.807, 2.05) is 0 Å². The Balaban J connectivity index is 0.00000112. The van der Waals surface area contributed by atoms with Crippen LogP contribution in [0.4, 0.5) is 8.78 Å². The van der Waals surface area contributed by atoms with Crippen LogP contribution in [0.1, 0.15) is 19.3 Å². The van der Waals surface area contributed by atoms with E-state index in [2.05, 4.69) is 0 Å². The van der Waals surface area contributed by atoms with E-state index in [0.29, 0.717) is 13.1 Å². The molecule has 0 radical (unpaired) electrons. The van der Waals surface area contributed by atoms with E-state index >= 15 is 0 Å². The van der Waals surface area contributed by atoms with Gasteiger partial charge in [-0.15, -0.1) is 12.4 Å². The SMILES string of the molecule is Cl.OCCC(F)(F)N1CC2CCC(C1)O2. The molecule has 1 N–H and O–H groups in total. The Labute approximate surface area is 93.8 Å². The molecule has 90 valence electrons. The van der Waals surface area contributed by atoms with Crippen molar-refractivity contribution >= 4 is 12.4 Å². The zero-order valence-corrected chi connectivity index (χ0v) is 9.18. The average molecular weight is 244 g/mol. The molecule has 15 heavy (non-hydrogen) atoms. The maximum Gasteiger partial charge on any atom is 0.307 e. The third-order valence-corrected chi connectivity index (χ3v) is 2.92. The number of hydrogen-bond acceptors (Lipinski definition) is 3. The van der Waals surface area contributed by atoms with Gasteiger partial charge >= 0.3 is 6.05 Å². The highest BCUT2D eigenvalue weighted by molar-refractivity contribution is 5.85. The van der Waals surface area contributed by atoms with Crippen molar-refractivity contribution in [2.24, 2.45) is 0 Å². The van der Waals surface area contributed by atoms with Gasteiger partial charge in [-0.2, -0.15) is 8.78 Å². The number of aliphatic hydroxyl groups excluding tert-OH is 1. The van der Waals surface area contributed by atoms with Crippen LogP contribution in [0.5, 0.6) is 0 Å². The first kappa shape index (κ1) is 13.1. The molecule has 0 spiro atoms. The minimum Gasteiger partial charge on any atom is -0.396 e. The van der Waals surface area contributed by atoms with Gasteiger partial charge in [-0.1, -0.05) is 0 Å². The molecule has 2 saturated heterocycles. The number of nitrogens with zero attached hydrogens (tertiary/aromatic N) is 1. The molecule has 0 aromatic heterocycles. The van der Waals surface area contributed by atoms with E-state index in [9.17, 15) is 8.78 Å². The van der Waals surface area contributed by atoms with Crippen LogP contribution in [-0.4, -0.2) is 48.0 Å². The number of ether oxygens (including phenoxy) is 1. The molecule has 0 saturated carbocycles. The van der Waals surface area contributed by atoms with E-state index in [4.69, 9.17) is 9.84 Å². The van der Waals surface area contributed by atoms with Gasteiger partial charge in [0.2, 0.25) is 0 Å². The fraction of sp³-hybridized carbons (Fsp3) is 1.00. The number of rotatable bonds is 3. The summed E-state index contributed by atoms with van der Waals surface area (Å²) in [7, 11) is 0. The Bertz CT molecular complexity index is 206. The second-order valence-corrected chi connectivity index (χ2v) is 4.00. The Kier molecular flexibility index (Phi) is 4.29. The van der Waals surface area contributed by atoms with Crippen molar-refractivity contribution in [3.63, 3.8) is 0 Å². The summed E-state index contributed by atoms with van der Waals surface area (Å²) in [4.78, 5) is 1.15. The Morgan fingerprint density at radius 3 is 2.27 bits per heavy atom. The number of hydrogen-bond donors (Lipinski definition) is 1. The Hall–Kier alpha value is 0.0300. The van der Waals surface area contributed by atoms with Crippen LogP contribution >= 0.6 is 12.4 Å². The molecule has 2 atom stereocenters. The molecule has 0 aromatic carbocycles. The van der Waals surface area contributed by atoms with Crippen LogP contribution in [0, 0.1) is 0 Å². The molecule has 2 aliphatic rings. The summed E-state index contributed by atoms with van der Waals surface area (Å²) in [5.41, 5.74) is 0. The van der Waals surface area contributed by atoms with Crippen LogP contribution in [0.3, 0.4) is 0 Å². The summed E-state index contributed by atoms with van der Waals surface area (Å²) in [5, 5.41) is 8.54. The highest BCUT2D eigenvalue weighted by Crippen LogP contribution is 2.33. The van der Waals surface area contributed by atoms with Crippen molar-refractivity contribution in [1.82, 2.24) is 4.90 Å². The molecule has 0 amide bonds. The topological polar surface area (TPSA) is 32.7 Å². The molecule has 2 rings (SSSR count). The molecular formula is C9H16ClF2NO2. The normalized spacial score (nSPS) is 31.4. The highest BCUT2D eigenvalue weighted by atomic mass is 35.5. The van der Waals surface area contributed by atoms with Gasteiger partial charge in [0, 0.05) is 19.5 Å². The summed E-state index contributed by atoms with van der Waals surface area (Å²) in [6.07, 6.45) is 1.23. The van der Waals surface area contributed by atoms with Gasteiger partial charge in [-0.05, 0) is 12.8 Å². The van der Waals surface area contributed by atoms with E-state index in [0.717, 1.165) is 17.7 Å². The molecule has 2 unspecified atom stereocenters. The lowest BCUT2D eigenvalue weighted by Crippen LogP contribution is -2.52. The summed E-state index contributed by atoms with van der Waals surface area (Å²) in [5.74, 6) is 0. The third kappa shape index (κ3) is 2.78. The summed E-state index contributed by atoms with van der Waals surface area (Å²) < 4.78 is 32.3. The lowest BCUT2D eigenvalue weighted by molar-refractivity contribution is -0.197. The van der Waals surface area contributed by atoms with Gasteiger partial charge in [0.15, 0.2) is 0 Å². The highest BCUT2D eigenvalue weighted by Gasteiger charge is 2.44. The van der Waals surface area contributed by atoms with Crippen molar-refractivity contribution in [2.45, 2.75) is 37.5 Å². The number of fused-ring (bicyclic) bond motifs is 2. The van der Waals surface area contributed by atoms with E-state index in [1.165, 1.54) is 0 Å². The summed E-state index contributed by atoms with van der Waals surface area (Å²) in [6, 6.07) is -2.88. The lowest BCUT2D eigenvalue weighted by atomic mass is 10.2. The largest absolute Gasteiger partial charge is 0.396 e. The molecule has 2 fully saturated rings. The van der Waals surface area contributed by atoms with Gasteiger partial charge in [-0.25, -0.2) is 4.90 Å². The number of halogens is 3. The van der Waals surface area contributed by atoms with Crippen molar-refractivity contribution in [2.75, 3.05) is 19.7 Å². The fourth-order valence-corrected chi connectivity index (χ4v) is 2.17. The van der Waals surface area contributed by atoms with E-state index in [-0.39, 0.29) is 24.6 Å². The minimum atomic E-state index is -2.88. The molecule has 2 bridgehead atoms. The predicted octanol–water partition coefficient (Wildman–Crippen LogP) is 1.25. The van der Waals surface area contributed by atoms with Crippen molar-refractivity contribution < 1.29 is 18.6 Å². The minimum absolute atomic E-state index is 0. The molecule has 0 aromatic rings. The molecular weight excluding hydrogens is 228 g/mol. The number of morpholine rings is 1.